The number of amides is 2. The quantitative estimate of drug-likeness (QED) is 0.407. The van der Waals surface area contributed by atoms with Crippen LogP contribution in [0.2, 0.25) is 0 Å². The van der Waals surface area contributed by atoms with E-state index in [1.807, 2.05) is 48.5 Å². The minimum Gasteiger partial charge on any atom is -0.480 e. The van der Waals surface area contributed by atoms with Crippen LogP contribution in [0, 0.1) is 0 Å². The Morgan fingerprint density at radius 2 is 1.53 bits per heavy atom. The van der Waals surface area contributed by atoms with Gasteiger partial charge in [-0.05, 0) is 35.1 Å². The number of benzene rings is 2. The first-order valence-corrected chi connectivity index (χ1v) is 11.1. The maximum Gasteiger partial charge on any atom is 0.407 e. The van der Waals surface area contributed by atoms with E-state index in [1.165, 1.54) is 14.2 Å². The van der Waals surface area contributed by atoms with E-state index in [4.69, 9.17) is 14.2 Å². The van der Waals surface area contributed by atoms with Crippen molar-refractivity contribution in [3.63, 3.8) is 0 Å². The van der Waals surface area contributed by atoms with Crippen molar-refractivity contribution in [3.8, 4) is 11.1 Å². The third kappa shape index (κ3) is 6.12. The van der Waals surface area contributed by atoms with Crippen molar-refractivity contribution in [2.45, 2.75) is 30.8 Å². The first-order valence-electron chi connectivity index (χ1n) is 11.1. The Balaban J connectivity index is 1.65. The Morgan fingerprint density at radius 3 is 2.09 bits per heavy atom. The first kappa shape index (κ1) is 25.2. The summed E-state index contributed by atoms with van der Waals surface area (Å²) in [5, 5.41) is 14.2. The number of hydrogen-bond acceptors (Lipinski definition) is 6. The average Bonchev–Trinajstić information content (AvgIpc) is 3.15. The fourth-order valence-corrected chi connectivity index (χ4v) is 4.10. The molecule has 1 aliphatic carbocycles. The Hall–Kier alpha value is -3.43. The van der Waals surface area contributed by atoms with Crippen molar-refractivity contribution >= 4 is 18.0 Å². The van der Waals surface area contributed by atoms with Gasteiger partial charge in [0.25, 0.3) is 0 Å². The molecule has 0 saturated carbocycles. The summed E-state index contributed by atoms with van der Waals surface area (Å²) in [5.74, 6) is -1.97. The zero-order valence-corrected chi connectivity index (χ0v) is 19.3. The second kappa shape index (κ2) is 12.2. The number of methoxy groups -OCH3 is 2. The van der Waals surface area contributed by atoms with Crippen LogP contribution in [-0.2, 0) is 23.8 Å². The minimum absolute atomic E-state index is 0.105. The van der Waals surface area contributed by atoms with Crippen LogP contribution in [0.3, 0.4) is 0 Å². The molecule has 2 atom stereocenters. The minimum atomic E-state index is -1.23. The Morgan fingerprint density at radius 1 is 0.912 bits per heavy atom. The number of alkyl carbamates (subject to hydrolysis) is 1. The summed E-state index contributed by atoms with van der Waals surface area (Å²) < 4.78 is 15.4. The van der Waals surface area contributed by atoms with Gasteiger partial charge in [0.05, 0.1) is 6.61 Å². The van der Waals surface area contributed by atoms with Crippen LogP contribution in [-0.4, -0.2) is 69.2 Å². The highest BCUT2D eigenvalue weighted by atomic mass is 16.5. The van der Waals surface area contributed by atoms with Gasteiger partial charge in [0, 0.05) is 26.7 Å². The number of carbonyl (C=O) groups is 3. The second-order valence-corrected chi connectivity index (χ2v) is 8.01. The summed E-state index contributed by atoms with van der Waals surface area (Å²) >= 11 is 0. The average molecular weight is 471 g/mol. The second-order valence-electron chi connectivity index (χ2n) is 8.01. The summed E-state index contributed by atoms with van der Waals surface area (Å²) in [6, 6.07) is 13.8. The molecular weight excluding hydrogens is 440 g/mol. The molecule has 0 radical (unpaired) electrons. The molecule has 3 N–H and O–H groups in total. The third-order valence-electron chi connectivity index (χ3n) is 5.74. The molecule has 0 fully saturated rings. The number of carboxylic acid groups (broad SMARTS) is 1. The molecule has 2 amide bonds. The third-order valence-corrected chi connectivity index (χ3v) is 5.74. The SMILES string of the molecule is COCCCC(NC(=O)OCC1c2ccccc2-c2ccccc21)C(=O)N[C@@H](COC)C(=O)O. The van der Waals surface area contributed by atoms with Crippen molar-refractivity contribution in [2.24, 2.45) is 0 Å². The molecule has 0 aliphatic heterocycles. The topological polar surface area (TPSA) is 123 Å². The Kier molecular flexibility index (Phi) is 9.00. The fourth-order valence-electron chi connectivity index (χ4n) is 4.10. The molecule has 2 aromatic carbocycles. The van der Waals surface area contributed by atoms with Crippen LogP contribution in [0.25, 0.3) is 11.1 Å². The molecule has 2 aromatic rings. The van der Waals surface area contributed by atoms with Gasteiger partial charge in [0.15, 0.2) is 6.04 Å². The number of carboxylic acids is 1. The Bertz CT molecular complexity index is 965. The molecule has 0 bridgehead atoms. The summed E-state index contributed by atoms with van der Waals surface area (Å²) in [5.41, 5.74) is 4.38. The Labute approximate surface area is 198 Å². The highest BCUT2D eigenvalue weighted by Crippen LogP contribution is 2.44. The number of ether oxygens (including phenoxy) is 3. The van der Waals surface area contributed by atoms with Crippen LogP contribution in [0.5, 0.6) is 0 Å². The van der Waals surface area contributed by atoms with Gasteiger partial charge in [-0.15, -0.1) is 0 Å². The predicted molar refractivity (Wildman–Crippen MR) is 125 cm³/mol. The van der Waals surface area contributed by atoms with Crippen molar-refractivity contribution < 1.29 is 33.7 Å². The van der Waals surface area contributed by atoms with Gasteiger partial charge in [0.2, 0.25) is 5.91 Å². The van der Waals surface area contributed by atoms with Crippen molar-refractivity contribution in [2.75, 3.05) is 34.0 Å². The molecule has 34 heavy (non-hydrogen) atoms. The number of nitrogens with one attached hydrogen (secondary N) is 2. The highest BCUT2D eigenvalue weighted by Gasteiger charge is 2.30. The molecule has 3 rings (SSSR count). The van der Waals surface area contributed by atoms with Gasteiger partial charge in [-0.3, -0.25) is 4.79 Å². The van der Waals surface area contributed by atoms with Gasteiger partial charge < -0.3 is 30.0 Å². The van der Waals surface area contributed by atoms with Crippen molar-refractivity contribution in [3.05, 3.63) is 59.7 Å². The lowest BCUT2D eigenvalue weighted by atomic mass is 9.98. The summed E-state index contributed by atoms with van der Waals surface area (Å²) in [6.07, 6.45) is -0.0123. The molecule has 9 heteroatoms. The lowest BCUT2D eigenvalue weighted by Gasteiger charge is -2.21. The van der Waals surface area contributed by atoms with E-state index in [-0.39, 0.29) is 25.6 Å². The molecule has 1 unspecified atom stereocenters. The first-order chi connectivity index (χ1) is 16.5. The maximum atomic E-state index is 12.7. The number of fused-ring (bicyclic) bond motifs is 3. The number of rotatable bonds is 12. The zero-order valence-electron chi connectivity index (χ0n) is 19.3. The van der Waals surface area contributed by atoms with Crippen molar-refractivity contribution in [1.29, 1.82) is 0 Å². The van der Waals surface area contributed by atoms with Gasteiger partial charge >= 0.3 is 12.1 Å². The normalized spacial score (nSPS) is 13.9. The molecule has 182 valence electrons. The summed E-state index contributed by atoms with van der Waals surface area (Å²) in [4.78, 5) is 36.7. The van der Waals surface area contributed by atoms with Crippen LogP contribution in [0.1, 0.15) is 29.9 Å². The molecule has 1 aliphatic rings. The molecular formula is C25H30N2O7. The van der Waals surface area contributed by atoms with E-state index in [1.54, 1.807) is 0 Å². The highest BCUT2D eigenvalue weighted by molar-refractivity contribution is 5.89. The van der Waals surface area contributed by atoms with Gasteiger partial charge in [-0.2, -0.15) is 0 Å². The van der Waals surface area contributed by atoms with Gasteiger partial charge in [-0.25, -0.2) is 9.59 Å². The van der Waals surface area contributed by atoms with E-state index >= 15 is 0 Å². The lowest BCUT2D eigenvalue weighted by Crippen LogP contribution is -2.53. The molecule has 0 aromatic heterocycles. The van der Waals surface area contributed by atoms with E-state index in [0.717, 1.165) is 22.3 Å². The standard InChI is InChI=1S/C25H30N2O7/c1-32-13-7-12-21(23(28)26-22(15-33-2)24(29)30)27-25(31)34-14-20-18-10-5-3-8-16(18)17-9-4-6-11-19(17)20/h3-6,8-11,20-22H,7,12-15H2,1-2H3,(H,26,28)(H,27,31)(H,29,30)/t21?,22-/m0/s1. The molecule has 0 spiro atoms. The molecule has 0 saturated heterocycles. The molecule has 0 heterocycles. The fraction of sp³-hybridized carbons (Fsp3) is 0.400. The smallest absolute Gasteiger partial charge is 0.407 e. The monoisotopic (exact) mass is 470 g/mol. The van der Waals surface area contributed by atoms with Crippen LogP contribution >= 0.6 is 0 Å². The zero-order chi connectivity index (χ0) is 24.5. The van der Waals surface area contributed by atoms with Crippen molar-refractivity contribution in [1.82, 2.24) is 10.6 Å². The van der Waals surface area contributed by atoms with Gasteiger partial charge in [-0.1, -0.05) is 48.5 Å². The predicted octanol–water partition coefficient (Wildman–Crippen LogP) is 2.54. The summed E-state index contributed by atoms with van der Waals surface area (Å²) in [7, 11) is 2.88. The van der Waals surface area contributed by atoms with Crippen LogP contribution in [0.15, 0.2) is 48.5 Å². The summed E-state index contributed by atoms with van der Waals surface area (Å²) in [6.45, 7) is 0.293. The van der Waals surface area contributed by atoms with Gasteiger partial charge in [0.1, 0.15) is 12.6 Å². The molecule has 9 nitrogen and oxygen atoms in total. The van der Waals surface area contributed by atoms with E-state index in [9.17, 15) is 19.5 Å². The number of hydrogen-bond donors (Lipinski definition) is 3. The number of carbonyl (C=O) groups excluding carboxylic acids is 2. The van der Waals surface area contributed by atoms with E-state index in [2.05, 4.69) is 10.6 Å². The van der Waals surface area contributed by atoms with Crippen LogP contribution in [0.4, 0.5) is 4.79 Å². The van der Waals surface area contributed by atoms with Crippen LogP contribution < -0.4 is 10.6 Å². The maximum absolute atomic E-state index is 12.7. The largest absolute Gasteiger partial charge is 0.480 e. The van der Waals surface area contributed by atoms with E-state index < -0.39 is 30.1 Å². The number of aliphatic carboxylic acids is 1. The lowest BCUT2D eigenvalue weighted by molar-refractivity contribution is -0.143. The van der Waals surface area contributed by atoms with E-state index in [0.29, 0.717) is 13.0 Å².